The zero-order valence-electron chi connectivity index (χ0n) is 16.9. The molecule has 4 heterocycles. The molecule has 0 spiro atoms. The number of carbonyl (C=O) groups is 1. The van der Waals surface area contributed by atoms with Crippen molar-refractivity contribution in [3.63, 3.8) is 0 Å². The van der Waals surface area contributed by atoms with E-state index in [2.05, 4.69) is 30.6 Å². The third-order valence-corrected chi connectivity index (χ3v) is 5.48. The molecule has 0 atom stereocenters. The second kappa shape index (κ2) is 7.35. The van der Waals surface area contributed by atoms with E-state index < -0.39 is 0 Å². The molecule has 1 amide bonds. The van der Waals surface area contributed by atoms with Crippen molar-refractivity contribution in [2.24, 2.45) is 0 Å². The van der Waals surface area contributed by atoms with Crippen LogP contribution in [0, 0.1) is 0 Å². The van der Waals surface area contributed by atoms with Crippen LogP contribution in [0.5, 0.6) is 5.75 Å². The minimum atomic E-state index is -0.120. The van der Waals surface area contributed by atoms with E-state index in [1.807, 2.05) is 48.7 Å². The molecular formula is C24H18N6O2. The third-order valence-electron chi connectivity index (χ3n) is 5.48. The maximum absolute atomic E-state index is 12.1. The fourth-order valence-corrected chi connectivity index (χ4v) is 3.90. The van der Waals surface area contributed by atoms with E-state index in [1.54, 1.807) is 18.5 Å². The van der Waals surface area contributed by atoms with Crippen molar-refractivity contribution in [2.45, 2.75) is 0 Å². The molecule has 0 saturated carbocycles. The topological polar surface area (TPSA) is 105 Å². The lowest BCUT2D eigenvalue weighted by atomic mass is 10.0. The molecule has 0 unspecified atom stereocenters. The molecule has 3 aromatic heterocycles. The van der Waals surface area contributed by atoms with Crippen LogP contribution in [0.25, 0.3) is 33.1 Å². The van der Waals surface area contributed by atoms with Gasteiger partial charge in [0.05, 0.1) is 17.6 Å². The van der Waals surface area contributed by atoms with Gasteiger partial charge in [-0.3, -0.25) is 9.78 Å². The van der Waals surface area contributed by atoms with Crippen molar-refractivity contribution in [2.75, 3.05) is 18.5 Å². The van der Waals surface area contributed by atoms with Gasteiger partial charge in [-0.15, -0.1) is 0 Å². The van der Waals surface area contributed by atoms with Crippen molar-refractivity contribution in [1.82, 2.24) is 25.3 Å². The minimum Gasteiger partial charge on any atom is -0.491 e. The van der Waals surface area contributed by atoms with E-state index in [4.69, 9.17) is 4.74 Å². The van der Waals surface area contributed by atoms with Crippen molar-refractivity contribution in [3.05, 3.63) is 72.7 Å². The quantitative estimate of drug-likeness (QED) is 0.405. The van der Waals surface area contributed by atoms with Crippen molar-refractivity contribution in [1.29, 1.82) is 0 Å². The molecule has 0 fully saturated rings. The average Bonchev–Trinajstić information content (AvgIpc) is 3.15. The summed E-state index contributed by atoms with van der Waals surface area (Å²) >= 11 is 0. The highest BCUT2D eigenvalue weighted by molar-refractivity contribution is 5.99. The summed E-state index contributed by atoms with van der Waals surface area (Å²) < 4.78 is 5.75. The summed E-state index contributed by atoms with van der Waals surface area (Å²) in [5.74, 6) is 0.949. The number of ether oxygens (including phenoxy) is 1. The summed E-state index contributed by atoms with van der Waals surface area (Å²) in [6, 6.07) is 15.5. The number of hydrogen-bond donors (Lipinski definition) is 3. The fourth-order valence-electron chi connectivity index (χ4n) is 3.90. The third kappa shape index (κ3) is 3.18. The molecule has 0 saturated heterocycles. The van der Waals surface area contributed by atoms with Crippen molar-refractivity contribution >= 4 is 39.5 Å². The van der Waals surface area contributed by atoms with Crippen LogP contribution >= 0.6 is 0 Å². The van der Waals surface area contributed by atoms with Crippen molar-refractivity contribution in [3.8, 4) is 16.9 Å². The molecular weight excluding hydrogens is 404 g/mol. The Morgan fingerprint density at radius 2 is 2.00 bits per heavy atom. The Hall–Kier alpha value is -4.46. The standard InChI is InChI=1S/C24H18N6O2/c31-23-17-6-4-15(10-21(17)32-9-8-26-23)18-12-27-22-19(18)13-28-24(30-22)29-16-5-3-14-2-1-7-25-20(14)11-16/h1-7,10-13H,8-9H2,(H,26,31)(H2,27,28,29,30). The van der Waals surface area contributed by atoms with E-state index in [0.717, 1.165) is 33.1 Å². The average molecular weight is 422 g/mol. The number of anilines is 2. The predicted octanol–water partition coefficient (Wildman–Crippen LogP) is 4.04. The Morgan fingerprint density at radius 1 is 1.03 bits per heavy atom. The Labute approximate surface area is 182 Å². The van der Waals surface area contributed by atoms with Gasteiger partial charge in [-0.05, 0) is 35.9 Å². The normalized spacial score (nSPS) is 13.3. The molecule has 0 radical (unpaired) electrons. The number of benzene rings is 2. The van der Waals surface area contributed by atoms with Crippen LogP contribution in [0.1, 0.15) is 10.4 Å². The summed E-state index contributed by atoms with van der Waals surface area (Å²) in [5, 5.41) is 8.02. The lowest BCUT2D eigenvalue weighted by Crippen LogP contribution is -2.24. The van der Waals surface area contributed by atoms with E-state index in [0.29, 0.717) is 36.1 Å². The highest BCUT2D eigenvalue weighted by Crippen LogP contribution is 2.33. The lowest BCUT2D eigenvalue weighted by molar-refractivity contribution is 0.0957. The molecule has 6 rings (SSSR count). The van der Waals surface area contributed by atoms with Gasteiger partial charge >= 0.3 is 0 Å². The number of carbonyl (C=O) groups excluding carboxylic acids is 1. The summed E-state index contributed by atoms with van der Waals surface area (Å²) in [4.78, 5) is 28.9. The van der Waals surface area contributed by atoms with E-state index >= 15 is 0 Å². The van der Waals surface area contributed by atoms with Gasteiger partial charge in [-0.2, -0.15) is 4.98 Å². The molecule has 3 N–H and O–H groups in total. The fraction of sp³-hybridized carbons (Fsp3) is 0.0833. The number of rotatable bonds is 3. The second-order valence-corrected chi connectivity index (χ2v) is 7.51. The van der Waals surface area contributed by atoms with Gasteiger partial charge in [0.1, 0.15) is 18.0 Å². The van der Waals surface area contributed by atoms with Crippen LogP contribution in [0.3, 0.4) is 0 Å². The van der Waals surface area contributed by atoms with E-state index in [-0.39, 0.29) is 5.91 Å². The largest absolute Gasteiger partial charge is 0.491 e. The lowest BCUT2D eigenvalue weighted by Gasteiger charge is -2.08. The first-order chi connectivity index (χ1) is 15.7. The molecule has 5 aromatic rings. The van der Waals surface area contributed by atoms with Gasteiger partial charge in [0.25, 0.3) is 5.91 Å². The first-order valence-electron chi connectivity index (χ1n) is 10.3. The molecule has 156 valence electrons. The highest BCUT2D eigenvalue weighted by atomic mass is 16.5. The minimum absolute atomic E-state index is 0.120. The van der Waals surface area contributed by atoms with Crippen LogP contribution in [-0.4, -0.2) is 39.0 Å². The smallest absolute Gasteiger partial charge is 0.255 e. The van der Waals surface area contributed by atoms with Gasteiger partial charge in [0.2, 0.25) is 5.95 Å². The van der Waals surface area contributed by atoms with Crippen LogP contribution in [0.15, 0.2) is 67.1 Å². The number of nitrogens with zero attached hydrogens (tertiary/aromatic N) is 3. The van der Waals surface area contributed by atoms with Gasteiger partial charge in [0, 0.05) is 40.6 Å². The zero-order valence-corrected chi connectivity index (χ0v) is 16.9. The maximum atomic E-state index is 12.1. The van der Waals surface area contributed by atoms with Crippen LogP contribution in [-0.2, 0) is 0 Å². The van der Waals surface area contributed by atoms with Gasteiger partial charge < -0.3 is 20.4 Å². The number of hydrogen-bond acceptors (Lipinski definition) is 6. The maximum Gasteiger partial charge on any atom is 0.255 e. The van der Waals surface area contributed by atoms with Gasteiger partial charge in [-0.1, -0.05) is 18.2 Å². The molecule has 8 nitrogen and oxygen atoms in total. The molecule has 8 heteroatoms. The number of pyridine rings is 1. The molecule has 32 heavy (non-hydrogen) atoms. The number of aromatic nitrogens is 4. The number of aromatic amines is 1. The van der Waals surface area contributed by atoms with Gasteiger partial charge in [0.15, 0.2) is 0 Å². The van der Waals surface area contributed by atoms with Gasteiger partial charge in [-0.25, -0.2) is 4.98 Å². The molecule has 1 aliphatic rings. The number of H-pyrrole nitrogens is 1. The first-order valence-corrected chi connectivity index (χ1v) is 10.3. The predicted molar refractivity (Wildman–Crippen MR) is 122 cm³/mol. The Kier molecular flexibility index (Phi) is 4.21. The molecule has 2 aromatic carbocycles. The number of fused-ring (bicyclic) bond motifs is 3. The van der Waals surface area contributed by atoms with E-state index in [9.17, 15) is 4.79 Å². The Balaban J connectivity index is 1.32. The zero-order chi connectivity index (χ0) is 21.5. The second-order valence-electron chi connectivity index (χ2n) is 7.51. The Bertz CT molecular complexity index is 1490. The Morgan fingerprint density at radius 3 is 2.97 bits per heavy atom. The number of nitrogens with one attached hydrogen (secondary N) is 3. The summed E-state index contributed by atoms with van der Waals surface area (Å²) in [6.45, 7) is 0.936. The molecule has 1 aliphatic heterocycles. The monoisotopic (exact) mass is 422 g/mol. The summed E-state index contributed by atoms with van der Waals surface area (Å²) in [6.07, 6.45) is 5.45. The molecule has 0 bridgehead atoms. The van der Waals surface area contributed by atoms with Crippen LogP contribution in [0.4, 0.5) is 11.6 Å². The first kappa shape index (κ1) is 18.3. The van der Waals surface area contributed by atoms with E-state index in [1.165, 1.54) is 0 Å². The number of amides is 1. The highest BCUT2D eigenvalue weighted by Gasteiger charge is 2.18. The van der Waals surface area contributed by atoms with Crippen LogP contribution < -0.4 is 15.4 Å². The SMILES string of the molecule is O=C1NCCOc2cc(-c3c[nH]c4nc(Nc5ccc6cccnc6c5)ncc34)ccc21. The summed E-state index contributed by atoms with van der Waals surface area (Å²) in [7, 11) is 0. The van der Waals surface area contributed by atoms with Crippen molar-refractivity contribution < 1.29 is 9.53 Å². The molecule has 0 aliphatic carbocycles. The summed E-state index contributed by atoms with van der Waals surface area (Å²) in [5.41, 5.74) is 4.89. The van der Waals surface area contributed by atoms with Crippen LogP contribution in [0.2, 0.25) is 0 Å².